The van der Waals surface area contributed by atoms with Gasteiger partial charge in [-0.15, -0.1) is 0 Å². The summed E-state index contributed by atoms with van der Waals surface area (Å²) in [4.78, 5) is 0. The van der Waals surface area contributed by atoms with Crippen LogP contribution in [0.15, 0.2) is 24.3 Å². The first-order valence-electron chi connectivity index (χ1n) is 7.72. The summed E-state index contributed by atoms with van der Waals surface area (Å²) in [7, 11) is 1.73. The second kappa shape index (κ2) is 7.09. The number of rotatable bonds is 6. The van der Waals surface area contributed by atoms with E-state index < -0.39 is 0 Å². The Morgan fingerprint density at radius 3 is 2.75 bits per heavy atom. The standard InChI is InChI=1S/C17H27NO2/c1-4-17(5-2)12-15(10-11-20-17)18-13-14-8-6-7-9-16(14)19-3/h6-9,15,18H,4-5,10-13H2,1-3H3. The molecule has 1 aliphatic rings. The Bertz CT molecular complexity index is 415. The van der Waals surface area contributed by atoms with Gasteiger partial charge in [-0.25, -0.2) is 0 Å². The molecule has 0 amide bonds. The Labute approximate surface area is 122 Å². The van der Waals surface area contributed by atoms with Crippen LogP contribution in [-0.2, 0) is 11.3 Å². The predicted octanol–water partition coefficient (Wildman–Crippen LogP) is 3.52. The number of benzene rings is 1. The molecule has 0 bridgehead atoms. The van der Waals surface area contributed by atoms with Gasteiger partial charge in [0, 0.05) is 24.8 Å². The fourth-order valence-corrected chi connectivity index (χ4v) is 3.05. The molecule has 1 aromatic carbocycles. The zero-order valence-electron chi connectivity index (χ0n) is 12.9. The van der Waals surface area contributed by atoms with Gasteiger partial charge in [0.15, 0.2) is 0 Å². The summed E-state index contributed by atoms with van der Waals surface area (Å²) in [6.45, 7) is 6.18. The second-order valence-corrected chi connectivity index (χ2v) is 5.62. The number of ether oxygens (including phenoxy) is 2. The maximum absolute atomic E-state index is 6.03. The monoisotopic (exact) mass is 277 g/mol. The van der Waals surface area contributed by atoms with Crippen molar-refractivity contribution in [2.45, 2.75) is 57.7 Å². The Morgan fingerprint density at radius 2 is 2.05 bits per heavy atom. The molecule has 1 unspecified atom stereocenters. The van der Waals surface area contributed by atoms with E-state index in [0.29, 0.717) is 6.04 Å². The number of hydrogen-bond acceptors (Lipinski definition) is 3. The maximum Gasteiger partial charge on any atom is 0.123 e. The molecule has 0 aromatic heterocycles. The van der Waals surface area contributed by atoms with Crippen molar-refractivity contribution in [1.82, 2.24) is 5.32 Å². The number of nitrogens with one attached hydrogen (secondary N) is 1. The molecule has 1 N–H and O–H groups in total. The van der Waals surface area contributed by atoms with Gasteiger partial charge in [-0.2, -0.15) is 0 Å². The fourth-order valence-electron chi connectivity index (χ4n) is 3.05. The molecule has 0 saturated carbocycles. The largest absolute Gasteiger partial charge is 0.496 e. The minimum absolute atomic E-state index is 0.0801. The third-order valence-corrected chi connectivity index (χ3v) is 4.56. The van der Waals surface area contributed by atoms with E-state index in [2.05, 4.69) is 31.3 Å². The summed E-state index contributed by atoms with van der Waals surface area (Å²) in [6, 6.07) is 8.75. The first-order valence-corrected chi connectivity index (χ1v) is 7.72. The van der Waals surface area contributed by atoms with Gasteiger partial charge >= 0.3 is 0 Å². The molecule has 2 rings (SSSR count). The molecule has 0 spiro atoms. The van der Waals surface area contributed by atoms with Crippen molar-refractivity contribution in [2.75, 3.05) is 13.7 Å². The molecule has 1 aromatic rings. The van der Waals surface area contributed by atoms with Crippen LogP contribution < -0.4 is 10.1 Å². The Kier molecular flexibility index (Phi) is 5.44. The summed E-state index contributed by atoms with van der Waals surface area (Å²) < 4.78 is 11.4. The molecular formula is C17H27NO2. The van der Waals surface area contributed by atoms with Crippen molar-refractivity contribution in [3.05, 3.63) is 29.8 Å². The first kappa shape index (κ1) is 15.3. The van der Waals surface area contributed by atoms with Gasteiger partial charge in [-0.1, -0.05) is 32.0 Å². The summed E-state index contributed by atoms with van der Waals surface area (Å²) in [5, 5.41) is 3.68. The van der Waals surface area contributed by atoms with Gasteiger partial charge in [0.05, 0.1) is 12.7 Å². The van der Waals surface area contributed by atoms with Gasteiger partial charge in [0.2, 0.25) is 0 Å². The summed E-state index contributed by atoms with van der Waals surface area (Å²) >= 11 is 0. The molecule has 0 aliphatic carbocycles. The Morgan fingerprint density at radius 1 is 1.30 bits per heavy atom. The van der Waals surface area contributed by atoms with Crippen molar-refractivity contribution < 1.29 is 9.47 Å². The van der Waals surface area contributed by atoms with Gasteiger partial charge in [-0.3, -0.25) is 0 Å². The minimum atomic E-state index is 0.0801. The molecule has 3 heteroatoms. The first-order chi connectivity index (χ1) is 9.73. The van der Waals surface area contributed by atoms with Gasteiger partial charge in [0.25, 0.3) is 0 Å². The lowest BCUT2D eigenvalue weighted by molar-refractivity contribution is -0.0932. The highest BCUT2D eigenvalue weighted by Gasteiger charge is 2.34. The van der Waals surface area contributed by atoms with E-state index in [0.717, 1.165) is 44.6 Å². The van der Waals surface area contributed by atoms with Crippen LogP contribution in [0.2, 0.25) is 0 Å². The lowest BCUT2D eigenvalue weighted by Gasteiger charge is -2.40. The smallest absolute Gasteiger partial charge is 0.123 e. The lowest BCUT2D eigenvalue weighted by Crippen LogP contribution is -2.46. The van der Waals surface area contributed by atoms with E-state index in [1.165, 1.54) is 5.56 Å². The van der Waals surface area contributed by atoms with E-state index in [1.807, 2.05) is 12.1 Å². The van der Waals surface area contributed by atoms with Crippen LogP contribution in [0.5, 0.6) is 5.75 Å². The topological polar surface area (TPSA) is 30.5 Å². The predicted molar refractivity (Wildman–Crippen MR) is 82.1 cm³/mol. The fraction of sp³-hybridized carbons (Fsp3) is 0.647. The van der Waals surface area contributed by atoms with Crippen LogP contribution in [0.4, 0.5) is 0 Å². The molecule has 1 atom stereocenters. The molecule has 1 fully saturated rings. The summed E-state index contributed by atoms with van der Waals surface area (Å²) in [5.41, 5.74) is 1.30. The number of methoxy groups -OCH3 is 1. The number of hydrogen-bond donors (Lipinski definition) is 1. The van der Waals surface area contributed by atoms with E-state index in [1.54, 1.807) is 7.11 Å². The minimum Gasteiger partial charge on any atom is -0.496 e. The molecule has 1 heterocycles. The molecule has 1 saturated heterocycles. The van der Waals surface area contributed by atoms with E-state index in [9.17, 15) is 0 Å². The van der Waals surface area contributed by atoms with Gasteiger partial charge < -0.3 is 14.8 Å². The zero-order valence-corrected chi connectivity index (χ0v) is 12.9. The third-order valence-electron chi connectivity index (χ3n) is 4.56. The molecular weight excluding hydrogens is 250 g/mol. The van der Waals surface area contributed by atoms with Crippen molar-refractivity contribution in [3.63, 3.8) is 0 Å². The van der Waals surface area contributed by atoms with Crippen LogP contribution in [-0.4, -0.2) is 25.4 Å². The van der Waals surface area contributed by atoms with E-state index in [4.69, 9.17) is 9.47 Å². The highest BCUT2D eigenvalue weighted by Crippen LogP contribution is 2.31. The van der Waals surface area contributed by atoms with Crippen molar-refractivity contribution in [2.24, 2.45) is 0 Å². The van der Waals surface area contributed by atoms with Crippen LogP contribution in [0.25, 0.3) is 0 Å². The summed E-state index contributed by atoms with van der Waals surface area (Å²) in [5.74, 6) is 0.962. The second-order valence-electron chi connectivity index (χ2n) is 5.62. The van der Waals surface area contributed by atoms with Gasteiger partial charge in [-0.05, 0) is 31.7 Å². The lowest BCUT2D eigenvalue weighted by atomic mass is 9.86. The summed E-state index contributed by atoms with van der Waals surface area (Å²) in [6.07, 6.45) is 4.39. The van der Waals surface area contributed by atoms with Gasteiger partial charge in [0.1, 0.15) is 5.75 Å². The van der Waals surface area contributed by atoms with E-state index in [-0.39, 0.29) is 5.60 Å². The van der Waals surface area contributed by atoms with Crippen molar-refractivity contribution >= 4 is 0 Å². The third kappa shape index (κ3) is 3.53. The molecule has 20 heavy (non-hydrogen) atoms. The van der Waals surface area contributed by atoms with Crippen LogP contribution >= 0.6 is 0 Å². The quantitative estimate of drug-likeness (QED) is 0.863. The normalized spacial score (nSPS) is 21.6. The van der Waals surface area contributed by atoms with Crippen LogP contribution in [0.3, 0.4) is 0 Å². The average Bonchev–Trinajstić information content (AvgIpc) is 2.53. The highest BCUT2D eigenvalue weighted by atomic mass is 16.5. The van der Waals surface area contributed by atoms with Crippen LogP contribution in [0, 0.1) is 0 Å². The Hall–Kier alpha value is -1.06. The molecule has 112 valence electrons. The molecule has 1 aliphatic heterocycles. The number of para-hydroxylation sites is 1. The average molecular weight is 277 g/mol. The van der Waals surface area contributed by atoms with Crippen LogP contribution in [0.1, 0.15) is 45.1 Å². The Balaban J connectivity index is 1.93. The highest BCUT2D eigenvalue weighted by molar-refractivity contribution is 5.33. The SMILES string of the molecule is CCC1(CC)CC(NCc2ccccc2OC)CCO1. The zero-order chi connectivity index (χ0) is 14.4. The molecule has 0 radical (unpaired) electrons. The maximum atomic E-state index is 6.03. The van der Waals surface area contributed by atoms with Crippen molar-refractivity contribution in [3.8, 4) is 5.75 Å². The van der Waals surface area contributed by atoms with Crippen molar-refractivity contribution in [1.29, 1.82) is 0 Å². The van der Waals surface area contributed by atoms with E-state index >= 15 is 0 Å². The molecule has 3 nitrogen and oxygen atoms in total.